The molecule has 0 atom stereocenters. The Bertz CT molecular complexity index is 728. The molecule has 1 aliphatic heterocycles. The predicted molar refractivity (Wildman–Crippen MR) is 117 cm³/mol. The van der Waals surface area contributed by atoms with E-state index in [1.54, 1.807) is 37.8 Å². The number of ether oxygens (including phenoxy) is 1. The molecule has 8 heteroatoms. The third-order valence-electron chi connectivity index (χ3n) is 5.41. The van der Waals surface area contributed by atoms with Crippen LogP contribution in [0.2, 0.25) is 0 Å². The van der Waals surface area contributed by atoms with Crippen LogP contribution < -0.4 is 10.8 Å². The van der Waals surface area contributed by atoms with Crippen molar-refractivity contribution in [2.45, 2.75) is 45.5 Å². The Kier molecular flexibility index (Phi) is 10.1. The van der Waals surface area contributed by atoms with Crippen LogP contribution in [0.4, 0.5) is 9.18 Å². The first kappa shape index (κ1) is 27.2. The fourth-order valence-electron chi connectivity index (χ4n) is 2.90. The molecule has 0 bridgehead atoms. The molecule has 0 spiro atoms. The molecule has 1 N–H and O–H groups in total. The number of hydrogen-bond acceptors (Lipinski definition) is 4. The molecule has 32 heavy (non-hydrogen) atoms. The average molecular weight is 479 g/mol. The van der Waals surface area contributed by atoms with Crippen LogP contribution in [0.1, 0.15) is 33.3 Å². The van der Waals surface area contributed by atoms with Crippen molar-refractivity contribution in [3.63, 3.8) is 0 Å². The second-order valence-electron chi connectivity index (χ2n) is 8.28. The molecule has 3 aliphatic rings. The van der Waals surface area contributed by atoms with Crippen molar-refractivity contribution in [2.75, 3.05) is 0 Å². The van der Waals surface area contributed by atoms with Crippen molar-refractivity contribution < 1.29 is 40.3 Å². The van der Waals surface area contributed by atoms with Crippen molar-refractivity contribution >= 4 is 18.7 Å². The second kappa shape index (κ2) is 11.9. The van der Waals surface area contributed by atoms with Gasteiger partial charge in [-0.1, -0.05) is 12.1 Å². The van der Waals surface area contributed by atoms with Crippen LogP contribution in [0, 0.1) is 69.6 Å². The molecular weight excluding hydrogens is 452 g/mol. The number of rotatable bonds is 4. The van der Waals surface area contributed by atoms with Gasteiger partial charge in [0.15, 0.2) is 0 Å². The SMILES string of the molecule is CC1(C)OB(c2ccc(COC(=O)N[C]3[CH][CH][CH][CH]3)cc2F)OC1(C)C.[CH]1[CH][CH][CH][CH]1.[Fe+2]. The largest absolute Gasteiger partial charge is 2.00 e. The summed E-state index contributed by atoms with van der Waals surface area (Å²) in [4.78, 5) is 11.7. The molecule has 1 aromatic rings. The van der Waals surface area contributed by atoms with E-state index in [1.807, 2.05) is 59.8 Å². The summed E-state index contributed by atoms with van der Waals surface area (Å²) in [6, 6.07) is 5.28. The number of nitrogens with one attached hydrogen (secondary N) is 1. The third kappa shape index (κ3) is 7.21. The third-order valence-corrected chi connectivity index (χ3v) is 5.41. The number of alkyl carbamates (subject to hydrolysis) is 1. The summed E-state index contributed by atoms with van der Waals surface area (Å²) in [6.07, 6.45) is 16.5. The van der Waals surface area contributed by atoms with Crippen molar-refractivity contribution in [3.05, 3.63) is 93.4 Å². The Morgan fingerprint density at radius 3 is 2.00 bits per heavy atom. The Labute approximate surface area is 203 Å². The first-order valence-corrected chi connectivity index (χ1v) is 10.1. The van der Waals surface area contributed by atoms with E-state index >= 15 is 0 Å². The number of carbonyl (C=O) groups is 1. The standard InChI is InChI=1S/C19H22BFNO4.C5H5.Fe/c1-18(2)19(3,4)26-20(25-18)15-10-9-13(11-16(15)21)12-24-17(23)22-14-7-5-6-8-14;1-2-4-5-3-1;/h5-11H,12H2,1-4H3,(H,22,23);1-5H;/q;;+2. The van der Waals surface area contributed by atoms with E-state index < -0.39 is 30.2 Å². The quantitative estimate of drug-likeness (QED) is 0.670. The van der Waals surface area contributed by atoms with Crippen molar-refractivity contribution in [1.29, 1.82) is 0 Å². The topological polar surface area (TPSA) is 56.8 Å². The molecule has 5 nitrogen and oxygen atoms in total. The zero-order chi connectivity index (χ0) is 22.5. The Morgan fingerprint density at radius 1 is 0.969 bits per heavy atom. The molecule has 10 radical (unpaired) electrons. The van der Waals surface area contributed by atoms with Gasteiger partial charge in [-0.2, -0.15) is 0 Å². The van der Waals surface area contributed by atoms with Crippen LogP contribution in [0.3, 0.4) is 0 Å². The molecule has 3 fully saturated rings. The average Bonchev–Trinajstić information content (AvgIpc) is 3.44. The van der Waals surface area contributed by atoms with Gasteiger partial charge in [-0.15, -0.1) is 0 Å². The van der Waals surface area contributed by atoms with Crippen molar-refractivity contribution in [2.24, 2.45) is 0 Å². The van der Waals surface area contributed by atoms with E-state index in [4.69, 9.17) is 14.0 Å². The van der Waals surface area contributed by atoms with Gasteiger partial charge in [0.25, 0.3) is 0 Å². The summed E-state index contributed by atoms with van der Waals surface area (Å²) in [6.45, 7) is 7.63. The molecule has 2 aliphatic carbocycles. The van der Waals surface area contributed by atoms with E-state index in [1.165, 1.54) is 6.07 Å². The van der Waals surface area contributed by atoms with Crippen molar-refractivity contribution in [1.82, 2.24) is 5.32 Å². The summed E-state index contributed by atoms with van der Waals surface area (Å²) in [5, 5.41) is 2.59. The zero-order valence-electron chi connectivity index (χ0n) is 18.6. The molecular formula is C24H27BFFeNO4+2. The van der Waals surface area contributed by atoms with E-state index in [2.05, 4.69) is 5.32 Å². The molecule has 1 amide bonds. The van der Waals surface area contributed by atoms with Crippen LogP contribution in [0.25, 0.3) is 0 Å². The summed E-state index contributed by atoms with van der Waals surface area (Å²) >= 11 is 0. The Hall–Kier alpha value is -1.08. The van der Waals surface area contributed by atoms with Crippen molar-refractivity contribution in [3.8, 4) is 0 Å². The van der Waals surface area contributed by atoms with Gasteiger partial charge in [-0.3, -0.25) is 0 Å². The van der Waals surface area contributed by atoms with E-state index in [9.17, 15) is 9.18 Å². The minimum atomic E-state index is -0.768. The molecule has 1 aromatic carbocycles. The molecule has 4 rings (SSSR count). The molecule has 1 saturated heterocycles. The zero-order valence-corrected chi connectivity index (χ0v) is 19.7. The molecule has 0 unspecified atom stereocenters. The predicted octanol–water partition coefficient (Wildman–Crippen LogP) is 3.73. The Morgan fingerprint density at radius 2 is 1.50 bits per heavy atom. The van der Waals surface area contributed by atoms with Crippen LogP contribution >= 0.6 is 0 Å². The minimum absolute atomic E-state index is 0. The van der Waals surface area contributed by atoms with E-state index in [0.717, 1.165) is 0 Å². The van der Waals surface area contributed by atoms with Gasteiger partial charge in [0, 0.05) is 5.46 Å². The fourth-order valence-corrected chi connectivity index (χ4v) is 2.90. The number of amides is 1. The summed E-state index contributed by atoms with van der Waals surface area (Å²) in [7, 11) is -0.768. The van der Waals surface area contributed by atoms with Crippen LogP contribution in [0.5, 0.6) is 0 Å². The fraction of sp³-hybridized carbons (Fsp3) is 0.292. The summed E-state index contributed by atoms with van der Waals surface area (Å²) in [5.74, 6) is -0.457. The van der Waals surface area contributed by atoms with Gasteiger partial charge in [0.2, 0.25) is 0 Å². The number of hydrogen-bond donors (Lipinski definition) is 1. The Balaban J connectivity index is 0.000000534. The molecule has 1 heterocycles. The van der Waals surface area contributed by atoms with Crippen LogP contribution in [-0.4, -0.2) is 24.4 Å². The normalized spacial score (nSPS) is 21.5. The first-order chi connectivity index (χ1) is 14.7. The summed E-state index contributed by atoms with van der Waals surface area (Å²) in [5.41, 5.74) is -0.204. The maximum Gasteiger partial charge on any atom is 2.00 e. The van der Waals surface area contributed by atoms with E-state index in [0.29, 0.717) is 17.1 Å². The van der Waals surface area contributed by atoms with Gasteiger partial charge in [-0.05, 0) is 97.1 Å². The smallest absolute Gasteiger partial charge is 0.445 e. The second-order valence-corrected chi connectivity index (χ2v) is 8.28. The van der Waals surface area contributed by atoms with Gasteiger partial charge in [0.1, 0.15) is 12.4 Å². The number of carbonyl (C=O) groups excluding carboxylic acids is 1. The van der Waals surface area contributed by atoms with Gasteiger partial charge in [0.05, 0.1) is 17.2 Å². The van der Waals surface area contributed by atoms with Crippen LogP contribution in [0.15, 0.2) is 18.2 Å². The number of benzene rings is 1. The monoisotopic (exact) mass is 479 g/mol. The maximum absolute atomic E-state index is 14.5. The molecule has 168 valence electrons. The van der Waals surface area contributed by atoms with Gasteiger partial charge in [-0.25, -0.2) is 9.18 Å². The van der Waals surface area contributed by atoms with Gasteiger partial charge < -0.3 is 19.4 Å². The van der Waals surface area contributed by atoms with Crippen LogP contribution in [-0.2, 0) is 37.7 Å². The summed E-state index contributed by atoms with van der Waals surface area (Å²) < 4.78 is 31.4. The molecule has 2 saturated carbocycles. The van der Waals surface area contributed by atoms with E-state index in [-0.39, 0.29) is 23.7 Å². The first-order valence-electron chi connectivity index (χ1n) is 10.1. The van der Waals surface area contributed by atoms with Gasteiger partial charge >= 0.3 is 30.3 Å². The number of halogens is 1. The maximum atomic E-state index is 14.5. The minimum Gasteiger partial charge on any atom is -0.445 e. The molecule has 0 aromatic heterocycles.